The molecule has 0 spiro atoms. The number of pyridine rings is 1. The van der Waals surface area contributed by atoms with Crippen molar-refractivity contribution in [3.63, 3.8) is 0 Å². The minimum atomic E-state index is -1.36. The van der Waals surface area contributed by atoms with Crippen LogP contribution in [0.5, 0.6) is 0 Å². The van der Waals surface area contributed by atoms with Gasteiger partial charge in [-0.05, 0) is 66.0 Å². The third kappa shape index (κ3) is 3.67. The van der Waals surface area contributed by atoms with Crippen LogP contribution in [-0.4, -0.2) is 13.1 Å². The fourth-order valence-electron chi connectivity index (χ4n) is 5.04. The van der Waals surface area contributed by atoms with Crippen molar-refractivity contribution in [2.24, 2.45) is 5.92 Å². The van der Waals surface area contributed by atoms with Crippen molar-refractivity contribution in [3.05, 3.63) is 47.2 Å². The lowest BCUT2D eigenvalue weighted by Gasteiger charge is -2.24. The number of fused-ring (bicyclic) bond motifs is 1. The summed E-state index contributed by atoms with van der Waals surface area (Å²) in [6, 6.07) is 9.34. The lowest BCUT2D eigenvalue weighted by Crippen LogP contribution is -2.41. The van der Waals surface area contributed by atoms with E-state index >= 15 is 0 Å². The van der Waals surface area contributed by atoms with Gasteiger partial charge in [-0.2, -0.15) is 0 Å². The van der Waals surface area contributed by atoms with Crippen LogP contribution in [0.1, 0.15) is 55.2 Å². The van der Waals surface area contributed by atoms with E-state index < -0.39 is 8.07 Å². The molecule has 26 heavy (non-hydrogen) atoms. The van der Waals surface area contributed by atoms with Crippen LogP contribution < -0.4 is 5.19 Å². The van der Waals surface area contributed by atoms with Gasteiger partial charge in [0.05, 0.1) is 13.8 Å². The summed E-state index contributed by atoms with van der Waals surface area (Å²) >= 11 is 0. The van der Waals surface area contributed by atoms with E-state index in [0.29, 0.717) is 0 Å². The van der Waals surface area contributed by atoms with Gasteiger partial charge in [0, 0.05) is 11.8 Å². The number of aromatic nitrogens is 1. The van der Waals surface area contributed by atoms with Gasteiger partial charge in [0.2, 0.25) is 0 Å². The topological polar surface area (TPSA) is 12.9 Å². The molecule has 0 atom stereocenters. The molecule has 138 valence electrons. The molecule has 2 aliphatic rings. The molecule has 1 aromatic carbocycles. The zero-order chi connectivity index (χ0) is 18.1. The summed E-state index contributed by atoms with van der Waals surface area (Å²) in [4.78, 5) is 4.99. The molecule has 4 rings (SSSR count). The smallest absolute Gasteiger partial charge is 0.0799 e. The summed E-state index contributed by atoms with van der Waals surface area (Å²) in [6.07, 6.45) is 14.3. The first kappa shape index (κ1) is 18.0. The Kier molecular flexibility index (Phi) is 5.05. The predicted molar refractivity (Wildman–Crippen MR) is 115 cm³/mol. The SMILES string of the molecule is C[Si](C)(C)c1cnc(-c2cccc3c2CCCC3)cc1CC1CCCC1. The summed E-state index contributed by atoms with van der Waals surface area (Å²) in [5, 5.41) is 1.58. The van der Waals surface area contributed by atoms with E-state index in [1.54, 1.807) is 21.9 Å². The van der Waals surface area contributed by atoms with Crippen LogP contribution in [0.25, 0.3) is 11.3 Å². The summed E-state index contributed by atoms with van der Waals surface area (Å²) < 4.78 is 0. The Balaban J connectivity index is 1.76. The molecule has 1 heterocycles. The Morgan fingerprint density at radius 3 is 2.54 bits per heavy atom. The van der Waals surface area contributed by atoms with Gasteiger partial charge in [-0.15, -0.1) is 0 Å². The minimum absolute atomic E-state index is 0.894. The van der Waals surface area contributed by atoms with E-state index in [4.69, 9.17) is 4.98 Å². The molecule has 2 aliphatic carbocycles. The average molecular weight is 364 g/mol. The summed E-state index contributed by atoms with van der Waals surface area (Å²) in [6.45, 7) is 7.39. The molecule has 1 saturated carbocycles. The first-order valence-electron chi connectivity index (χ1n) is 10.6. The third-order valence-corrected chi connectivity index (χ3v) is 8.52. The van der Waals surface area contributed by atoms with Gasteiger partial charge in [0.15, 0.2) is 0 Å². The van der Waals surface area contributed by atoms with Crippen LogP contribution in [0.15, 0.2) is 30.5 Å². The highest BCUT2D eigenvalue weighted by atomic mass is 28.3. The van der Waals surface area contributed by atoms with Crippen molar-refractivity contribution in [3.8, 4) is 11.3 Å². The van der Waals surface area contributed by atoms with Gasteiger partial charge in [-0.3, -0.25) is 4.98 Å². The van der Waals surface area contributed by atoms with E-state index in [0.717, 1.165) is 5.92 Å². The lowest BCUT2D eigenvalue weighted by molar-refractivity contribution is 0.547. The quantitative estimate of drug-likeness (QED) is 0.616. The Hall–Kier alpha value is -1.41. The molecule has 0 bridgehead atoms. The zero-order valence-electron chi connectivity index (χ0n) is 16.8. The number of rotatable bonds is 4. The van der Waals surface area contributed by atoms with Gasteiger partial charge >= 0.3 is 0 Å². The molecule has 1 aromatic heterocycles. The van der Waals surface area contributed by atoms with Crippen molar-refractivity contribution < 1.29 is 0 Å². The van der Waals surface area contributed by atoms with Crippen molar-refractivity contribution in [1.82, 2.24) is 4.98 Å². The number of nitrogens with zero attached hydrogens (tertiary/aromatic N) is 1. The Labute approximate surface area is 160 Å². The molecule has 2 aromatic rings. The molecule has 0 aliphatic heterocycles. The van der Waals surface area contributed by atoms with Crippen LogP contribution in [0.4, 0.5) is 0 Å². The molecule has 0 radical (unpaired) electrons. The largest absolute Gasteiger partial charge is 0.256 e. The molecular weight excluding hydrogens is 330 g/mol. The van der Waals surface area contributed by atoms with E-state index in [-0.39, 0.29) is 0 Å². The van der Waals surface area contributed by atoms with Crippen molar-refractivity contribution in [1.29, 1.82) is 0 Å². The molecule has 2 heteroatoms. The second-order valence-corrected chi connectivity index (χ2v) is 14.5. The molecule has 1 fully saturated rings. The van der Waals surface area contributed by atoms with E-state index in [9.17, 15) is 0 Å². The first-order chi connectivity index (χ1) is 12.5. The average Bonchev–Trinajstić information content (AvgIpc) is 3.13. The van der Waals surface area contributed by atoms with E-state index in [1.165, 1.54) is 69.0 Å². The predicted octanol–water partition coefficient (Wildman–Crippen LogP) is 5.91. The normalized spacial score (nSPS) is 18.1. The highest BCUT2D eigenvalue weighted by Gasteiger charge is 2.25. The fraction of sp³-hybridized carbons (Fsp3) is 0.542. The molecule has 0 N–H and O–H groups in total. The van der Waals surface area contributed by atoms with E-state index in [1.807, 2.05) is 0 Å². The van der Waals surface area contributed by atoms with Crippen LogP contribution in [0, 0.1) is 5.92 Å². The molecule has 1 nitrogen and oxygen atoms in total. The Morgan fingerprint density at radius 2 is 1.77 bits per heavy atom. The number of benzene rings is 1. The third-order valence-electron chi connectivity index (χ3n) is 6.45. The molecule has 0 saturated heterocycles. The van der Waals surface area contributed by atoms with Crippen molar-refractivity contribution in [2.75, 3.05) is 0 Å². The first-order valence-corrected chi connectivity index (χ1v) is 14.1. The fourth-order valence-corrected chi connectivity index (χ4v) is 6.62. The highest BCUT2D eigenvalue weighted by molar-refractivity contribution is 6.89. The monoisotopic (exact) mass is 363 g/mol. The minimum Gasteiger partial charge on any atom is -0.256 e. The maximum absolute atomic E-state index is 4.99. The van der Waals surface area contributed by atoms with Gasteiger partial charge in [0.1, 0.15) is 0 Å². The number of aryl methyl sites for hydroxylation is 1. The van der Waals surface area contributed by atoms with Gasteiger partial charge in [-0.1, -0.05) is 63.5 Å². The second-order valence-electron chi connectivity index (χ2n) is 9.48. The van der Waals surface area contributed by atoms with Crippen LogP contribution in [-0.2, 0) is 19.3 Å². The van der Waals surface area contributed by atoms with Gasteiger partial charge in [-0.25, -0.2) is 0 Å². The standard InChI is InChI=1S/C24H33NSi/c1-26(2,3)24-17-25-23(16-20(24)15-18-9-4-5-10-18)22-14-8-12-19-11-6-7-13-21(19)22/h8,12,14,16-18H,4-7,9-11,13,15H2,1-3H3. The second kappa shape index (κ2) is 7.30. The summed E-state index contributed by atoms with van der Waals surface area (Å²) in [5.74, 6) is 0.894. The highest BCUT2D eigenvalue weighted by Crippen LogP contribution is 2.32. The van der Waals surface area contributed by atoms with Gasteiger partial charge < -0.3 is 0 Å². The van der Waals surface area contributed by atoms with Crippen LogP contribution in [0.2, 0.25) is 19.6 Å². The summed E-state index contributed by atoms with van der Waals surface area (Å²) in [7, 11) is -1.36. The maximum atomic E-state index is 4.99. The van der Waals surface area contributed by atoms with Gasteiger partial charge in [0.25, 0.3) is 0 Å². The van der Waals surface area contributed by atoms with E-state index in [2.05, 4.69) is 50.1 Å². The lowest BCUT2D eigenvalue weighted by atomic mass is 9.87. The Morgan fingerprint density at radius 1 is 1.00 bits per heavy atom. The Bertz CT molecular complexity index is 781. The molecule has 0 amide bonds. The van der Waals surface area contributed by atoms with Crippen LogP contribution in [0.3, 0.4) is 0 Å². The summed E-state index contributed by atoms with van der Waals surface area (Å²) in [5.41, 5.74) is 7.35. The molecule has 0 unspecified atom stereocenters. The zero-order valence-corrected chi connectivity index (χ0v) is 17.8. The molecular formula is C24H33NSi. The van der Waals surface area contributed by atoms with Crippen molar-refractivity contribution in [2.45, 2.75) is 77.4 Å². The van der Waals surface area contributed by atoms with Crippen molar-refractivity contribution >= 4 is 13.3 Å². The number of hydrogen-bond acceptors (Lipinski definition) is 1. The van der Waals surface area contributed by atoms with Crippen LogP contribution >= 0.6 is 0 Å². The number of hydrogen-bond donors (Lipinski definition) is 0. The maximum Gasteiger partial charge on any atom is 0.0799 e.